The number of H-pyrrole nitrogens is 1. The van der Waals surface area contributed by atoms with Crippen LogP contribution >= 0.6 is 0 Å². The quantitative estimate of drug-likeness (QED) is 0.439. The SMILES string of the molecule is Cc1cc(C)n(Cc2cccc(C(=O)NNC(=O)c3n[nH]c(=O)c4ccccc34)c2)n1. The van der Waals surface area contributed by atoms with Crippen molar-refractivity contribution in [3.63, 3.8) is 0 Å². The Morgan fingerprint density at radius 3 is 2.45 bits per heavy atom. The van der Waals surface area contributed by atoms with Gasteiger partial charge in [-0.2, -0.15) is 10.2 Å². The maximum Gasteiger partial charge on any atom is 0.290 e. The van der Waals surface area contributed by atoms with Crippen molar-refractivity contribution in [3.8, 4) is 0 Å². The molecule has 3 N–H and O–H groups in total. The van der Waals surface area contributed by atoms with Crippen molar-refractivity contribution in [2.24, 2.45) is 0 Å². The molecule has 0 spiro atoms. The van der Waals surface area contributed by atoms with Gasteiger partial charge >= 0.3 is 0 Å². The second-order valence-corrected chi connectivity index (χ2v) is 7.14. The first-order valence-corrected chi connectivity index (χ1v) is 9.60. The van der Waals surface area contributed by atoms with Gasteiger partial charge in [-0.05, 0) is 43.7 Å². The van der Waals surface area contributed by atoms with Gasteiger partial charge < -0.3 is 0 Å². The van der Waals surface area contributed by atoms with Crippen LogP contribution in [0.15, 0.2) is 59.4 Å². The predicted molar refractivity (Wildman–Crippen MR) is 115 cm³/mol. The van der Waals surface area contributed by atoms with Gasteiger partial charge in [-0.15, -0.1) is 0 Å². The predicted octanol–water partition coefficient (Wildman–Crippen LogP) is 1.86. The number of fused-ring (bicyclic) bond motifs is 1. The normalized spacial score (nSPS) is 10.8. The fourth-order valence-electron chi connectivity index (χ4n) is 3.35. The number of hydrazine groups is 1. The van der Waals surface area contributed by atoms with Crippen molar-refractivity contribution in [3.05, 3.63) is 93.2 Å². The lowest BCUT2D eigenvalue weighted by molar-refractivity contribution is 0.0844. The Morgan fingerprint density at radius 1 is 0.968 bits per heavy atom. The molecule has 0 aliphatic carbocycles. The van der Waals surface area contributed by atoms with Crippen molar-refractivity contribution >= 4 is 22.6 Å². The van der Waals surface area contributed by atoms with E-state index in [1.54, 1.807) is 42.5 Å². The summed E-state index contributed by atoms with van der Waals surface area (Å²) in [5.74, 6) is -1.11. The molecule has 0 unspecified atom stereocenters. The lowest BCUT2D eigenvalue weighted by atomic mass is 10.1. The van der Waals surface area contributed by atoms with E-state index in [0.29, 0.717) is 22.9 Å². The van der Waals surface area contributed by atoms with Crippen LogP contribution in [-0.2, 0) is 6.54 Å². The minimum absolute atomic E-state index is 0.00813. The van der Waals surface area contributed by atoms with Gasteiger partial charge in [0.05, 0.1) is 17.6 Å². The fourth-order valence-corrected chi connectivity index (χ4v) is 3.35. The summed E-state index contributed by atoms with van der Waals surface area (Å²) < 4.78 is 1.86. The highest BCUT2D eigenvalue weighted by Crippen LogP contribution is 2.12. The topological polar surface area (TPSA) is 122 Å². The second kappa shape index (κ2) is 8.23. The van der Waals surface area contributed by atoms with Gasteiger partial charge in [0.15, 0.2) is 5.69 Å². The monoisotopic (exact) mass is 416 g/mol. The maximum absolute atomic E-state index is 12.5. The van der Waals surface area contributed by atoms with Crippen LogP contribution in [0.2, 0.25) is 0 Å². The summed E-state index contributed by atoms with van der Waals surface area (Å²) in [6, 6.07) is 15.7. The number of hydrogen-bond donors (Lipinski definition) is 3. The molecule has 4 rings (SSSR count). The molecule has 9 nitrogen and oxygen atoms in total. The number of hydrogen-bond acceptors (Lipinski definition) is 5. The number of nitrogens with zero attached hydrogens (tertiary/aromatic N) is 3. The summed E-state index contributed by atoms with van der Waals surface area (Å²) in [6.07, 6.45) is 0. The van der Waals surface area contributed by atoms with Crippen LogP contribution in [0.25, 0.3) is 10.8 Å². The third-order valence-electron chi connectivity index (χ3n) is 4.83. The first kappa shape index (κ1) is 20.0. The zero-order valence-electron chi connectivity index (χ0n) is 17.0. The molecule has 2 aromatic carbocycles. The first-order chi connectivity index (χ1) is 14.9. The lowest BCUT2D eigenvalue weighted by Crippen LogP contribution is -2.42. The van der Waals surface area contributed by atoms with Gasteiger partial charge in [0.1, 0.15) is 0 Å². The number of rotatable bonds is 4. The van der Waals surface area contributed by atoms with Crippen LogP contribution in [0.5, 0.6) is 0 Å². The molecule has 0 fully saturated rings. The number of aromatic nitrogens is 4. The highest BCUT2D eigenvalue weighted by atomic mass is 16.2. The number of benzene rings is 2. The number of nitrogens with one attached hydrogen (secondary N) is 3. The number of aryl methyl sites for hydroxylation is 2. The molecule has 156 valence electrons. The molecular formula is C22H20N6O3. The summed E-state index contributed by atoms with van der Waals surface area (Å²) in [6.45, 7) is 4.43. The van der Waals surface area contributed by atoms with Crippen molar-refractivity contribution in [2.45, 2.75) is 20.4 Å². The van der Waals surface area contributed by atoms with Crippen molar-refractivity contribution in [1.29, 1.82) is 0 Å². The van der Waals surface area contributed by atoms with Crippen LogP contribution in [0, 0.1) is 13.8 Å². The maximum atomic E-state index is 12.5. The molecule has 9 heteroatoms. The van der Waals surface area contributed by atoms with Gasteiger partial charge in [-0.3, -0.25) is 29.9 Å². The van der Waals surface area contributed by atoms with E-state index in [0.717, 1.165) is 17.0 Å². The molecule has 0 saturated heterocycles. The molecule has 0 atom stereocenters. The summed E-state index contributed by atoms with van der Waals surface area (Å²) in [5, 5.41) is 11.3. The Morgan fingerprint density at radius 2 is 1.71 bits per heavy atom. The Kier molecular flexibility index (Phi) is 5.31. The standard InChI is InChI=1S/C22H20N6O3/c1-13-10-14(2)28(27-13)12-15-6-5-7-16(11-15)20(29)24-26-22(31)19-17-8-3-4-9-18(17)21(30)25-23-19/h3-11H,12H2,1-2H3,(H,24,29)(H,25,30)(H,26,31). The second-order valence-electron chi connectivity index (χ2n) is 7.14. The highest BCUT2D eigenvalue weighted by Gasteiger charge is 2.15. The van der Waals surface area contributed by atoms with E-state index in [1.807, 2.05) is 30.7 Å². The van der Waals surface area contributed by atoms with Crippen LogP contribution in [-0.4, -0.2) is 31.8 Å². The molecule has 2 heterocycles. The van der Waals surface area contributed by atoms with Gasteiger partial charge in [0.2, 0.25) is 0 Å². The summed E-state index contributed by atoms with van der Waals surface area (Å²) in [4.78, 5) is 36.9. The average Bonchev–Trinajstić information content (AvgIpc) is 3.09. The van der Waals surface area contributed by atoms with Crippen LogP contribution in [0.1, 0.15) is 37.8 Å². The number of amides is 2. The van der Waals surface area contributed by atoms with Gasteiger partial charge in [-0.1, -0.05) is 30.3 Å². The van der Waals surface area contributed by atoms with Gasteiger partial charge in [0, 0.05) is 16.6 Å². The highest BCUT2D eigenvalue weighted by molar-refractivity contribution is 6.05. The molecule has 0 saturated carbocycles. The molecule has 2 aromatic heterocycles. The Hall–Kier alpha value is -4.27. The van der Waals surface area contributed by atoms with E-state index in [2.05, 4.69) is 26.1 Å². The van der Waals surface area contributed by atoms with Crippen LogP contribution < -0.4 is 16.4 Å². The molecule has 0 radical (unpaired) electrons. The smallest absolute Gasteiger partial charge is 0.267 e. The summed E-state index contributed by atoms with van der Waals surface area (Å²) in [5.41, 5.74) is 7.60. The van der Waals surface area contributed by atoms with Crippen molar-refractivity contribution in [2.75, 3.05) is 0 Å². The average molecular weight is 416 g/mol. The minimum Gasteiger partial charge on any atom is -0.267 e. The van der Waals surface area contributed by atoms with E-state index < -0.39 is 17.4 Å². The molecule has 4 aromatic rings. The Balaban J connectivity index is 1.47. The van der Waals surface area contributed by atoms with Crippen LogP contribution in [0.4, 0.5) is 0 Å². The number of carbonyl (C=O) groups excluding carboxylic acids is 2. The van der Waals surface area contributed by atoms with E-state index in [1.165, 1.54) is 0 Å². The van der Waals surface area contributed by atoms with E-state index in [-0.39, 0.29) is 5.69 Å². The number of aromatic amines is 1. The lowest BCUT2D eigenvalue weighted by Gasteiger charge is -2.10. The molecule has 0 aliphatic rings. The van der Waals surface area contributed by atoms with E-state index in [4.69, 9.17) is 0 Å². The molecule has 0 aliphatic heterocycles. The minimum atomic E-state index is -0.639. The zero-order valence-corrected chi connectivity index (χ0v) is 17.0. The Labute approximate surface area is 177 Å². The molecular weight excluding hydrogens is 396 g/mol. The third kappa shape index (κ3) is 4.20. The van der Waals surface area contributed by atoms with Gasteiger partial charge in [0.25, 0.3) is 17.4 Å². The Bertz CT molecular complexity index is 1350. The van der Waals surface area contributed by atoms with Gasteiger partial charge in [-0.25, -0.2) is 5.10 Å². The van der Waals surface area contributed by atoms with Crippen molar-refractivity contribution < 1.29 is 9.59 Å². The van der Waals surface area contributed by atoms with Crippen molar-refractivity contribution in [1.82, 2.24) is 30.8 Å². The first-order valence-electron chi connectivity index (χ1n) is 9.60. The molecule has 0 bridgehead atoms. The largest absolute Gasteiger partial charge is 0.290 e. The fraction of sp³-hybridized carbons (Fsp3) is 0.136. The summed E-state index contributed by atoms with van der Waals surface area (Å²) in [7, 11) is 0. The molecule has 31 heavy (non-hydrogen) atoms. The molecule has 2 amide bonds. The number of carbonyl (C=O) groups is 2. The van der Waals surface area contributed by atoms with E-state index >= 15 is 0 Å². The van der Waals surface area contributed by atoms with Crippen LogP contribution in [0.3, 0.4) is 0 Å². The third-order valence-corrected chi connectivity index (χ3v) is 4.83. The summed E-state index contributed by atoms with van der Waals surface area (Å²) >= 11 is 0. The zero-order chi connectivity index (χ0) is 22.0. The van der Waals surface area contributed by atoms with E-state index in [9.17, 15) is 14.4 Å².